The fourth-order valence-corrected chi connectivity index (χ4v) is 3.13. The Morgan fingerprint density at radius 1 is 1.14 bits per heavy atom. The Bertz CT molecular complexity index is 1270. The van der Waals surface area contributed by atoms with Crippen LogP contribution < -0.4 is 0 Å². The Balaban J connectivity index is 1.77. The molecule has 7 heteroatoms. The van der Waals surface area contributed by atoms with Gasteiger partial charge in [0.1, 0.15) is 11.9 Å². The highest BCUT2D eigenvalue weighted by atomic mass is 19.4. The molecule has 0 fully saturated rings. The van der Waals surface area contributed by atoms with Crippen molar-refractivity contribution in [3.05, 3.63) is 83.4 Å². The molecule has 0 unspecified atom stereocenters. The minimum absolute atomic E-state index is 0.283. The van der Waals surface area contributed by atoms with Crippen molar-refractivity contribution >= 4 is 22.7 Å². The van der Waals surface area contributed by atoms with Crippen LogP contribution in [-0.4, -0.2) is 14.5 Å². The lowest BCUT2D eigenvalue weighted by Crippen LogP contribution is -2.06. The number of benzene rings is 2. The highest BCUT2D eigenvalue weighted by Gasteiger charge is 2.30. The quantitative estimate of drug-likeness (QED) is 0.452. The molecule has 0 spiro atoms. The first-order valence-corrected chi connectivity index (χ1v) is 8.79. The molecule has 4 rings (SSSR count). The third-order valence-electron chi connectivity index (χ3n) is 4.54. The van der Waals surface area contributed by atoms with E-state index in [0.717, 1.165) is 28.7 Å². The van der Waals surface area contributed by atoms with Crippen LogP contribution in [0.4, 0.5) is 13.2 Å². The largest absolute Gasteiger partial charge is 0.416 e. The number of imidazole rings is 1. The number of aromatic nitrogens is 3. The van der Waals surface area contributed by atoms with Crippen LogP contribution in [0, 0.1) is 18.3 Å². The highest BCUT2D eigenvalue weighted by molar-refractivity contribution is 5.90. The highest BCUT2D eigenvalue weighted by Crippen LogP contribution is 2.31. The molecule has 2 aromatic carbocycles. The second kappa shape index (κ2) is 6.99. The van der Waals surface area contributed by atoms with Gasteiger partial charge >= 0.3 is 6.18 Å². The molecule has 29 heavy (non-hydrogen) atoms. The fraction of sp³-hybridized carbons (Fsp3) is 0.0909. The number of H-pyrrole nitrogens is 1. The van der Waals surface area contributed by atoms with Crippen molar-refractivity contribution in [2.24, 2.45) is 0 Å². The zero-order valence-corrected chi connectivity index (χ0v) is 15.3. The average Bonchev–Trinajstić information content (AvgIpc) is 3.31. The van der Waals surface area contributed by atoms with E-state index < -0.39 is 11.7 Å². The van der Waals surface area contributed by atoms with Gasteiger partial charge in [0.2, 0.25) is 0 Å². The standard InChI is InChI=1S/C22H15F3N4/c1-14-7-8-19-20(10-14)28-21(27-19)15(13-26)11-17-6-3-9-29(17)18-5-2-4-16(12-18)22(23,24)25/h2-12H,1H3,(H,27,28). The third kappa shape index (κ3) is 3.65. The first kappa shape index (κ1) is 18.6. The zero-order chi connectivity index (χ0) is 20.6. The molecule has 0 radical (unpaired) electrons. The van der Waals surface area contributed by atoms with E-state index in [1.165, 1.54) is 6.07 Å². The van der Waals surface area contributed by atoms with E-state index in [4.69, 9.17) is 0 Å². The summed E-state index contributed by atoms with van der Waals surface area (Å²) >= 11 is 0. The van der Waals surface area contributed by atoms with Crippen LogP contribution in [0.1, 0.15) is 22.6 Å². The van der Waals surface area contributed by atoms with Gasteiger partial charge < -0.3 is 9.55 Å². The van der Waals surface area contributed by atoms with Gasteiger partial charge in [0.25, 0.3) is 0 Å². The maximum Gasteiger partial charge on any atom is 0.416 e. The SMILES string of the molecule is Cc1ccc2nc(C(C#N)=Cc3cccn3-c3cccc(C(F)(F)F)c3)[nH]c2c1. The first-order valence-electron chi connectivity index (χ1n) is 8.79. The molecule has 2 heterocycles. The molecule has 0 atom stereocenters. The molecule has 4 nitrogen and oxygen atoms in total. The second-order valence-electron chi connectivity index (χ2n) is 6.63. The van der Waals surface area contributed by atoms with Crippen molar-refractivity contribution in [2.45, 2.75) is 13.1 Å². The monoisotopic (exact) mass is 392 g/mol. The Kier molecular flexibility index (Phi) is 4.47. The Labute approximate surface area is 164 Å². The minimum Gasteiger partial charge on any atom is -0.337 e. The number of hydrogen-bond acceptors (Lipinski definition) is 2. The summed E-state index contributed by atoms with van der Waals surface area (Å²) in [7, 11) is 0. The normalized spacial score (nSPS) is 12.3. The molecular weight excluding hydrogens is 377 g/mol. The smallest absolute Gasteiger partial charge is 0.337 e. The predicted octanol–water partition coefficient (Wildman–Crippen LogP) is 5.75. The molecule has 0 aliphatic heterocycles. The van der Waals surface area contributed by atoms with Crippen LogP contribution in [0.25, 0.3) is 28.4 Å². The van der Waals surface area contributed by atoms with Gasteiger partial charge in [0.15, 0.2) is 0 Å². The van der Waals surface area contributed by atoms with E-state index in [9.17, 15) is 18.4 Å². The Morgan fingerprint density at radius 3 is 2.72 bits per heavy atom. The van der Waals surface area contributed by atoms with Gasteiger partial charge in [-0.3, -0.25) is 0 Å². The van der Waals surface area contributed by atoms with E-state index >= 15 is 0 Å². The van der Waals surface area contributed by atoms with Gasteiger partial charge in [-0.15, -0.1) is 0 Å². The molecule has 1 N–H and O–H groups in total. The number of aromatic amines is 1. The van der Waals surface area contributed by atoms with E-state index in [0.29, 0.717) is 17.2 Å². The topological polar surface area (TPSA) is 57.4 Å². The number of aryl methyl sites for hydroxylation is 1. The third-order valence-corrected chi connectivity index (χ3v) is 4.54. The summed E-state index contributed by atoms with van der Waals surface area (Å²) < 4.78 is 40.7. The molecule has 0 aliphatic carbocycles. The molecule has 144 valence electrons. The van der Waals surface area contributed by atoms with Crippen molar-refractivity contribution in [1.82, 2.24) is 14.5 Å². The summed E-state index contributed by atoms with van der Waals surface area (Å²) in [4.78, 5) is 7.58. The van der Waals surface area contributed by atoms with Crippen molar-refractivity contribution in [1.29, 1.82) is 5.26 Å². The summed E-state index contributed by atoms with van der Waals surface area (Å²) in [6.07, 6.45) is -1.17. The number of alkyl halides is 3. The van der Waals surface area contributed by atoms with E-state index in [1.807, 2.05) is 25.1 Å². The molecule has 0 saturated heterocycles. The van der Waals surface area contributed by atoms with Gasteiger partial charge in [-0.25, -0.2) is 4.98 Å². The predicted molar refractivity (Wildman–Crippen MR) is 105 cm³/mol. The lowest BCUT2D eigenvalue weighted by molar-refractivity contribution is -0.137. The summed E-state index contributed by atoms with van der Waals surface area (Å²) in [6.45, 7) is 1.96. The van der Waals surface area contributed by atoms with E-state index in [2.05, 4.69) is 16.0 Å². The number of hydrogen-bond donors (Lipinski definition) is 1. The number of fused-ring (bicyclic) bond motifs is 1. The van der Waals surface area contributed by atoms with Crippen LogP contribution in [-0.2, 0) is 6.18 Å². The number of nitrogens with one attached hydrogen (secondary N) is 1. The fourth-order valence-electron chi connectivity index (χ4n) is 3.13. The summed E-state index contributed by atoms with van der Waals surface area (Å²) in [5, 5.41) is 9.63. The zero-order valence-electron chi connectivity index (χ0n) is 15.3. The molecule has 0 bridgehead atoms. The average molecular weight is 392 g/mol. The van der Waals surface area contributed by atoms with Crippen molar-refractivity contribution in [3.63, 3.8) is 0 Å². The number of rotatable bonds is 3. The molecular formula is C22H15F3N4. The second-order valence-corrected chi connectivity index (χ2v) is 6.63. The summed E-state index contributed by atoms with van der Waals surface area (Å²) in [5.41, 5.74) is 3.09. The van der Waals surface area contributed by atoms with Gasteiger partial charge in [0.05, 0.1) is 22.2 Å². The number of halogens is 3. The molecule has 0 aliphatic rings. The lowest BCUT2D eigenvalue weighted by atomic mass is 10.2. The van der Waals surface area contributed by atoms with E-state index in [1.54, 1.807) is 35.0 Å². The van der Waals surface area contributed by atoms with Crippen LogP contribution in [0.2, 0.25) is 0 Å². The van der Waals surface area contributed by atoms with Crippen LogP contribution >= 0.6 is 0 Å². The van der Waals surface area contributed by atoms with Crippen molar-refractivity contribution < 1.29 is 13.2 Å². The molecule has 0 saturated carbocycles. The van der Waals surface area contributed by atoms with Crippen LogP contribution in [0.5, 0.6) is 0 Å². The maximum atomic E-state index is 13.0. The van der Waals surface area contributed by atoms with Gasteiger partial charge in [-0.2, -0.15) is 18.4 Å². The molecule has 0 amide bonds. The summed E-state index contributed by atoms with van der Waals surface area (Å²) in [5.74, 6) is 0.407. The van der Waals surface area contributed by atoms with Gasteiger partial charge in [-0.1, -0.05) is 12.1 Å². The summed E-state index contributed by atoms with van der Waals surface area (Å²) in [6, 6.07) is 16.3. The molecule has 2 aromatic heterocycles. The Morgan fingerprint density at radius 2 is 1.97 bits per heavy atom. The Hall–Kier alpha value is -3.79. The molecule has 4 aromatic rings. The van der Waals surface area contributed by atoms with Crippen molar-refractivity contribution in [2.75, 3.05) is 0 Å². The van der Waals surface area contributed by atoms with Crippen molar-refractivity contribution in [3.8, 4) is 11.8 Å². The van der Waals surface area contributed by atoms with Crippen LogP contribution in [0.15, 0.2) is 60.8 Å². The number of nitrogens with zero attached hydrogens (tertiary/aromatic N) is 3. The number of allylic oxidation sites excluding steroid dienone is 1. The maximum absolute atomic E-state index is 13.0. The van der Waals surface area contributed by atoms with E-state index in [-0.39, 0.29) is 5.57 Å². The van der Waals surface area contributed by atoms with Gasteiger partial charge in [0, 0.05) is 17.6 Å². The first-order chi connectivity index (χ1) is 13.8. The minimum atomic E-state index is -4.43. The van der Waals surface area contributed by atoms with Crippen LogP contribution in [0.3, 0.4) is 0 Å². The number of nitriles is 1. The lowest BCUT2D eigenvalue weighted by Gasteiger charge is -2.11. The van der Waals surface area contributed by atoms with Gasteiger partial charge in [-0.05, 0) is 61.0 Å².